The highest BCUT2D eigenvalue weighted by Crippen LogP contribution is 2.13. The molecule has 0 unspecified atom stereocenters. The molecule has 3 rings (SSSR count). The van der Waals surface area contributed by atoms with E-state index in [-0.39, 0.29) is 11.6 Å². The van der Waals surface area contributed by atoms with Gasteiger partial charge >= 0.3 is 0 Å². The van der Waals surface area contributed by atoms with Gasteiger partial charge in [-0.15, -0.1) is 5.10 Å². The lowest BCUT2D eigenvalue weighted by molar-refractivity contribution is 0.101. The molecule has 5 nitrogen and oxygen atoms in total. The lowest BCUT2D eigenvalue weighted by Gasteiger charge is -2.01. The van der Waals surface area contributed by atoms with Gasteiger partial charge in [-0.3, -0.25) is 4.79 Å². The van der Waals surface area contributed by atoms with Crippen molar-refractivity contribution in [2.24, 2.45) is 0 Å². The summed E-state index contributed by atoms with van der Waals surface area (Å²) in [5.74, 6) is -0.772. The zero-order chi connectivity index (χ0) is 14.1. The Kier molecular flexibility index (Phi) is 3.19. The first-order valence-corrected chi connectivity index (χ1v) is 6.51. The molecule has 0 saturated heterocycles. The molecule has 0 saturated carbocycles. The monoisotopic (exact) mass is 334 g/mol. The van der Waals surface area contributed by atoms with Crippen LogP contribution in [-0.4, -0.2) is 20.5 Å². The number of fused-ring (bicyclic) bond motifs is 1. The largest absolute Gasteiger partial charge is 0.319 e. The Balaban J connectivity index is 1.89. The first-order valence-electron chi connectivity index (χ1n) is 5.72. The Bertz CT molecular complexity index is 785. The fourth-order valence-electron chi connectivity index (χ4n) is 1.69. The zero-order valence-electron chi connectivity index (χ0n) is 10.0. The number of carbonyl (C=O) groups is 1. The van der Waals surface area contributed by atoms with Gasteiger partial charge in [0.2, 0.25) is 5.82 Å². The van der Waals surface area contributed by atoms with E-state index in [9.17, 15) is 9.18 Å². The molecule has 1 N–H and O–H groups in total. The van der Waals surface area contributed by atoms with Gasteiger partial charge in [-0.25, -0.2) is 13.9 Å². The van der Waals surface area contributed by atoms with Crippen molar-refractivity contribution in [1.82, 2.24) is 14.6 Å². The Morgan fingerprint density at radius 1 is 1.20 bits per heavy atom. The average Bonchev–Trinajstić information content (AvgIpc) is 2.87. The van der Waals surface area contributed by atoms with Crippen LogP contribution >= 0.6 is 15.9 Å². The number of nitrogens with zero attached hydrogens (tertiary/aromatic N) is 3. The predicted octanol–water partition coefficient (Wildman–Crippen LogP) is 2.88. The number of pyridine rings is 1. The normalized spacial score (nSPS) is 10.7. The minimum absolute atomic E-state index is 0.0428. The summed E-state index contributed by atoms with van der Waals surface area (Å²) in [5, 5.41) is 6.71. The molecule has 1 amide bonds. The number of hydrogen-bond acceptors (Lipinski definition) is 3. The molecule has 0 aliphatic rings. The number of hydrogen-bond donors (Lipinski definition) is 1. The maximum Gasteiger partial charge on any atom is 0.295 e. The molecule has 1 aromatic carbocycles. The lowest BCUT2D eigenvalue weighted by Crippen LogP contribution is -2.13. The Hall–Kier alpha value is -2.28. The van der Waals surface area contributed by atoms with E-state index in [1.807, 2.05) is 0 Å². The van der Waals surface area contributed by atoms with E-state index in [0.717, 1.165) is 0 Å². The number of amides is 1. The maximum absolute atomic E-state index is 12.8. The highest BCUT2D eigenvalue weighted by molar-refractivity contribution is 9.10. The Labute approximate surface area is 121 Å². The third-order valence-corrected chi connectivity index (χ3v) is 3.22. The van der Waals surface area contributed by atoms with Gasteiger partial charge in [0.15, 0.2) is 5.65 Å². The summed E-state index contributed by atoms with van der Waals surface area (Å²) in [4.78, 5) is 16.1. The standard InChI is InChI=1S/C13H8BrFN4O/c14-10-2-1-3-11-17-12(18-19(10)11)13(20)16-9-6-4-8(15)5-7-9/h1-7H,(H,16,20). The van der Waals surface area contributed by atoms with Gasteiger partial charge in [-0.2, -0.15) is 0 Å². The van der Waals surface area contributed by atoms with E-state index < -0.39 is 5.91 Å². The van der Waals surface area contributed by atoms with E-state index in [2.05, 4.69) is 31.3 Å². The average molecular weight is 335 g/mol. The number of aromatic nitrogens is 3. The molecule has 100 valence electrons. The number of anilines is 1. The molecule has 7 heteroatoms. The van der Waals surface area contributed by atoms with Crippen molar-refractivity contribution in [3.05, 3.63) is 58.7 Å². The van der Waals surface area contributed by atoms with Gasteiger partial charge in [0.05, 0.1) is 0 Å². The van der Waals surface area contributed by atoms with Gasteiger partial charge in [-0.1, -0.05) is 6.07 Å². The van der Waals surface area contributed by atoms with Gasteiger partial charge < -0.3 is 5.32 Å². The molecule has 2 heterocycles. The number of carbonyl (C=O) groups excluding carboxylic acids is 1. The number of benzene rings is 1. The molecule has 0 aliphatic carbocycles. The van der Waals surface area contributed by atoms with Crippen LogP contribution < -0.4 is 5.32 Å². The van der Waals surface area contributed by atoms with Crippen molar-refractivity contribution in [2.45, 2.75) is 0 Å². The van der Waals surface area contributed by atoms with Crippen LogP contribution in [0, 0.1) is 5.82 Å². The molecule has 0 atom stereocenters. The van der Waals surface area contributed by atoms with Gasteiger partial charge in [0, 0.05) is 5.69 Å². The second-order valence-corrected chi connectivity index (χ2v) is 4.83. The second kappa shape index (κ2) is 5.01. The van der Waals surface area contributed by atoms with Crippen LogP contribution in [0.4, 0.5) is 10.1 Å². The smallest absolute Gasteiger partial charge is 0.295 e. The first kappa shape index (κ1) is 12.7. The fraction of sp³-hybridized carbons (Fsp3) is 0. The minimum atomic E-state index is -0.452. The molecule has 20 heavy (non-hydrogen) atoms. The fourth-order valence-corrected chi connectivity index (χ4v) is 2.10. The Morgan fingerprint density at radius 3 is 2.65 bits per heavy atom. The third kappa shape index (κ3) is 2.39. The van der Waals surface area contributed by atoms with Crippen molar-refractivity contribution >= 4 is 33.2 Å². The Morgan fingerprint density at radius 2 is 1.95 bits per heavy atom. The van der Waals surface area contributed by atoms with Crippen LogP contribution in [0.1, 0.15) is 10.6 Å². The van der Waals surface area contributed by atoms with Crippen molar-refractivity contribution in [2.75, 3.05) is 5.32 Å². The SMILES string of the molecule is O=C(Nc1ccc(F)cc1)c1nc2cccc(Br)n2n1. The number of halogens is 2. The van der Waals surface area contributed by atoms with Crippen LogP contribution in [0.3, 0.4) is 0 Å². The molecular formula is C13H8BrFN4O. The van der Waals surface area contributed by atoms with E-state index >= 15 is 0 Å². The molecule has 3 aromatic rings. The highest BCUT2D eigenvalue weighted by atomic mass is 79.9. The van der Waals surface area contributed by atoms with E-state index in [1.54, 1.807) is 18.2 Å². The quantitative estimate of drug-likeness (QED) is 0.733. The van der Waals surface area contributed by atoms with Crippen LogP contribution in [0.2, 0.25) is 0 Å². The number of nitrogens with one attached hydrogen (secondary N) is 1. The topological polar surface area (TPSA) is 59.3 Å². The van der Waals surface area contributed by atoms with E-state index in [1.165, 1.54) is 28.8 Å². The molecule has 0 aliphatic heterocycles. The maximum atomic E-state index is 12.8. The summed E-state index contributed by atoms with van der Waals surface area (Å²) in [5.41, 5.74) is 1.04. The molecule has 0 spiro atoms. The molecule has 0 radical (unpaired) electrons. The second-order valence-electron chi connectivity index (χ2n) is 4.01. The van der Waals surface area contributed by atoms with Crippen LogP contribution in [0.5, 0.6) is 0 Å². The number of rotatable bonds is 2. The zero-order valence-corrected chi connectivity index (χ0v) is 11.6. The summed E-state index contributed by atoms with van der Waals surface area (Å²) in [6, 6.07) is 10.8. The van der Waals surface area contributed by atoms with Crippen LogP contribution in [0.15, 0.2) is 47.1 Å². The summed E-state index contributed by atoms with van der Waals surface area (Å²) < 4.78 is 15.0. The first-order chi connectivity index (χ1) is 9.63. The summed E-state index contributed by atoms with van der Waals surface area (Å²) in [6.45, 7) is 0. The molecule has 0 bridgehead atoms. The van der Waals surface area contributed by atoms with E-state index in [4.69, 9.17) is 0 Å². The summed E-state index contributed by atoms with van der Waals surface area (Å²) in [7, 11) is 0. The van der Waals surface area contributed by atoms with Gasteiger partial charge in [0.1, 0.15) is 10.4 Å². The van der Waals surface area contributed by atoms with Crippen molar-refractivity contribution < 1.29 is 9.18 Å². The van der Waals surface area contributed by atoms with Crippen molar-refractivity contribution in [1.29, 1.82) is 0 Å². The van der Waals surface area contributed by atoms with Crippen molar-refractivity contribution in [3.63, 3.8) is 0 Å². The minimum Gasteiger partial charge on any atom is -0.319 e. The molecular weight excluding hydrogens is 327 g/mol. The van der Waals surface area contributed by atoms with Gasteiger partial charge in [0.25, 0.3) is 5.91 Å². The van der Waals surface area contributed by atoms with Crippen LogP contribution in [-0.2, 0) is 0 Å². The summed E-state index contributed by atoms with van der Waals surface area (Å²) >= 11 is 3.32. The van der Waals surface area contributed by atoms with E-state index in [0.29, 0.717) is 15.9 Å². The lowest BCUT2D eigenvalue weighted by atomic mass is 10.3. The predicted molar refractivity (Wildman–Crippen MR) is 75.0 cm³/mol. The highest BCUT2D eigenvalue weighted by Gasteiger charge is 2.14. The molecule has 0 fully saturated rings. The van der Waals surface area contributed by atoms with Crippen molar-refractivity contribution in [3.8, 4) is 0 Å². The van der Waals surface area contributed by atoms with Gasteiger partial charge in [-0.05, 0) is 52.3 Å². The molecule has 2 aromatic heterocycles. The summed E-state index contributed by atoms with van der Waals surface area (Å²) in [6.07, 6.45) is 0. The third-order valence-electron chi connectivity index (χ3n) is 2.62. The van der Waals surface area contributed by atoms with Crippen LogP contribution in [0.25, 0.3) is 5.65 Å².